The smallest absolute Gasteiger partial charge is 0.222 e. The molecule has 2 heterocycles. The zero-order valence-corrected chi connectivity index (χ0v) is 8.19. The average Bonchev–Trinajstić information content (AvgIpc) is 2.66. The number of hydrogen-bond donors (Lipinski definition) is 1. The van der Waals surface area contributed by atoms with Gasteiger partial charge in [0.25, 0.3) is 0 Å². The molecule has 2 rings (SSSR count). The third-order valence-corrected chi connectivity index (χ3v) is 2.67. The number of pyridine rings is 1. The molecule has 4 nitrogen and oxygen atoms in total. The van der Waals surface area contributed by atoms with Crippen LogP contribution in [0.4, 0.5) is 10.1 Å². The van der Waals surface area contributed by atoms with E-state index in [-0.39, 0.29) is 11.8 Å². The quantitative estimate of drug-likeness (QED) is 0.723. The summed E-state index contributed by atoms with van der Waals surface area (Å²) in [5.74, 6) is -0.914. The van der Waals surface area contributed by atoms with E-state index < -0.39 is 5.95 Å². The largest absolute Gasteiger partial charge is 0.371 e. The molecule has 1 aromatic heterocycles. The van der Waals surface area contributed by atoms with Crippen molar-refractivity contribution in [2.24, 2.45) is 11.7 Å². The number of halogens is 1. The fraction of sp³-hybridized carbons (Fsp3) is 0.400. The van der Waals surface area contributed by atoms with E-state index >= 15 is 0 Å². The fourth-order valence-electron chi connectivity index (χ4n) is 1.82. The van der Waals surface area contributed by atoms with Crippen LogP contribution in [0.1, 0.15) is 6.42 Å². The first-order valence-corrected chi connectivity index (χ1v) is 4.82. The lowest BCUT2D eigenvalue weighted by atomic mass is 10.1. The highest BCUT2D eigenvalue weighted by molar-refractivity contribution is 5.78. The first kappa shape index (κ1) is 9.89. The van der Waals surface area contributed by atoms with Gasteiger partial charge in [-0.2, -0.15) is 4.39 Å². The molecule has 1 aliphatic rings. The van der Waals surface area contributed by atoms with Gasteiger partial charge < -0.3 is 10.6 Å². The Hall–Kier alpha value is -1.65. The summed E-state index contributed by atoms with van der Waals surface area (Å²) in [6.45, 7) is 1.30. The van der Waals surface area contributed by atoms with Gasteiger partial charge in [-0.1, -0.05) is 0 Å². The summed E-state index contributed by atoms with van der Waals surface area (Å²) in [5.41, 5.74) is 5.97. The van der Waals surface area contributed by atoms with Crippen LogP contribution in [-0.4, -0.2) is 24.0 Å². The van der Waals surface area contributed by atoms with Gasteiger partial charge in [0.15, 0.2) is 0 Å². The number of rotatable bonds is 2. The third-order valence-electron chi connectivity index (χ3n) is 2.67. The van der Waals surface area contributed by atoms with Crippen molar-refractivity contribution in [3.63, 3.8) is 0 Å². The average molecular weight is 209 g/mol. The molecule has 80 valence electrons. The molecule has 0 aliphatic carbocycles. The van der Waals surface area contributed by atoms with Crippen LogP contribution >= 0.6 is 0 Å². The van der Waals surface area contributed by atoms with Crippen LogP contribution in [0.15, 0.2) is 18.3 Å². The number of carbonyl (C=O) groups excluding carboxylic acids is 1. The first-order chi connectivity index (χ1) is 7.16. The van der Waals surface area contributed by atoms with Crippen LogP contribution in [0, 0.1) is 11.9 Å². The normalized spacial score (nSPS) is 20.6. The van der Waals surface area contributed by atoms with E-state index in [9.17, 15) is 9.18 Å². The van der Waals surface area contributed by atoms with Crippen molar-refractivity contribution < 1.29 is 9.18 Å². The molecular weight excluding hydrogens is 197 g/mol. The van der Waals surface area contributed by atoms with Crippen LogP contribution < -0.4 is 10.6 Å². The minimum atomic E-state index is -0.505. The maximum atomic E-state index is 12.8. The first-order valence-electron chi connectivity index (χ1n) is 4.82. The molecule has 1 fully saturated rings. The molecule has 0 saturated carbocycles. The maximum Gasteiger partial charge on any atom is 0.222 e. The highest BCUT2D eigenvalue weighted by Crippen LogP contribution is 2.23. The summed E-state index contributed by atoms with van der Waals surface area (Å²) in [6, 6.07) is 3.09. The Morgan fingerprint density at radius 1 is 1.67 bits per heavy atom. The van der Waals surface area contributed by atoms with Crippen molar-refractivity contribution in [1.82, 2.24) is 4.98 Å². The van der Waals surface area contributed by atoms with Gasteiger partial charge in [-0.3, -0.25) is 4.79 Å². The Bertz CT molecular complexity index is 383. The van der Waals surface area contributed by atoms with Crippen molar-refractivity contribution in [3.05, 3.63) is 24.3 Å². The predicted molar refractivity (Wildman–Crippen MR) is 53.7 cm³/mol. The molecular formula is C10H12FN3O. The van der Waals surface area contributed by atoms with Crippen LogP contribution in [-0.2, 0) is 4.79 Å². The molecule has 0 bridgehead atoms. The van der Waals surface area contributed by atoms with Crippen LogP contribution in [0.2, 0.25) is 0 Å². The summed E-state index contributed by atoms with van der Waals surface area (Å²) in [6.07, 6.45) is 2.15. The van der Waals surface area contributed by atoms with Gasteiger partial charge in [0, 0.05) is 31.0 Å². The number of anilines is 1. The van der Waals surface area contributed by atoms with Crippen molar-refractivity contribution >= 4 is 11.6 Å². The van der Waals surface area contributed by atoms with E-state index in [1.807, 2.05) is 4.90 Å². The lowest BCUT2D eigenvalue weighted by Gasteiger charge is -2.17. The van der Waals surface area contributed by atoms with Crippen LogP contribution in [0.3, 0.4) is 0 Å². The molecule has 0 aromatic carbocycles. The van der Waals surface area contributed by atoms with Crippen LogP contribution in [0.5, 0.6) is 0 Å². The number of nitrogens with zero attached hydrogens (tertiary/aromatic N) is 2. The van der Waals surface area contributed by atoms with Crippen LogP contribution in [0.25, 0.3) is 0 Å². The number of amides is 1. The van der Waals surface area contributed by atoms with Gasteiger partial charge in [-0.25, -0.2) is 4.98 Å². The van der Waals surface area contributed by atoms with Gasteiger partial charge in [-0.05, 0) is 12.5 Å². The molecule has 1 aliphatic heterocycles. The highest BCUT2D eigenvalue weighted by Gasteiger charge is 2.26. The second-order valence-electron chi connectivity index (χ2n) is 3.67. The van der Waals surface area contributed by atoms with Gasteiger partial charge >= 0.3 is 0 Å². The Kier molecular flexibility index (Phi) is 2.53. The van der Waals surface area contributed by atoms with E-state index in [4.69, 9.17) is 5.73 Å². The number of aromatic nitrogens is 1. The second kappa shape index (κ2) is 3.84. The predicted octanol–water partition coefficient (Wildman–Crippen LogP) is 0.532. The van der Waals surface area contributed by atoms with Gasteiger partial charge in [0.1, 0.15) is 0 Å². The Labute approximate surface area is 86.9 Å². The Balaban J connectivity index is 2.11. The molecule has 2 N–H and O–H groups in total. The van der Waals surface area contributed by atoms with Gasteiger partial charge in [-0.15, -0.1) is 0 Å². The second-order valence-corrected chi connectivity index (χ2v) is 3.67. The van der Waals surface area contributed by atoms with Crippen molar-refractivity contribution in [2.75, 3.05) is 18.0 Å². The zero-order chi connectivity index (χ0) is 10.8. The Morgan fingerprint density at radius 3 is 3.07 bits per heavy atom. The van der Waals surface area contributed by atoms with E-state index in [2.05, 4.69) is 4.98 Å². The summed E-state index contributed by atoms with van der Waals surface area (Å²) < 4.78 is 12.8. The Morgan fingerprint density at radius 2 is 2.47 bits per heavy atom. The van der Waals surface area contributed by atoms with E-state index in [1.165, 1.54) is 12.3 Å². The SMILES string of the molecule is NC(=O)C1CCN(c2ccnc(F)c2)C1. The molecule has 1 saturated heterocycles. The summed E-state index contributed by atoms with van der Waals surface area (Å²) in [7, 11) is 0. The maximum absolute atomic E-state index is 12.8. The molecule has 5 heteroatoms. The summed E-state index contributed by atoms with van der Waals surface area (Å²) >= 11 is 0. The molecule has 1 aromatic rings. The topological polar surface area (TPSA) is 59.2 Å². The number of primary amides is 1. The summed E-state index contributed by atoms with van der Waals surface area (Å²) in [5, 5.41) is 0. The molecule has 0 spiro atoms. The van der Waals surface area contributed by atoms with Gasteiger partial charge in [0.05, 0.1) is 5.92 Å². The van der Waals surface area contributed by atoms with Crippen molar-refractivity contribution in [3.8, 4) is 0 Å². The minimum absolute atomic E-state index is 0.124. The lowest BCUT2D eigenvalue weighted by molar-refractivity contribution is -0.121. The number of nitrogens with two attached hydrogens (primary N) is 1. The van der Waals surface area contributed by atoms with E-state index in [0.29, 0.717) is 6.54 Å². The highest BCUT2D eigenvalue weighted by atomic mass is 19.1. The van der Waals surface area contributed by atoms with Gasteiger partial charge in [0.2, 0.25) is 11.9 Å². The van der Waals surface area contributed by atoms with Crippen molar-refractivity contribution in [2.45, 2.75) is 6.42 Å². The fourth-order valence-corrected chi connectivity index (χ4v) is 1.82. The van der Waals surface area contributed by atoms with Crippen molar-refractivity contribution in [1.29, 1.82) is 0 Å². The number of hydrogen-bond acceptors (Lipinski definition) is 3. The molecule has 1 atom stereocenters. The third kappa shape index (κ3) is 2.06. The zero-order valence-electron chi connectivity index (χ0n) is 8.19. The van der Waals surface area contributed by atoms with E-state index in [1.54, 1.807) is 6.07 Å². The number of carbonyl (C=O) groups is 1. The molecule has 15 heavy (non-hydrogen) atoms. The van der Waals surface area contributed by atoms with E-state index in [0.717, 1.165) is 18.7 Å². The summed E-state index contributed by atoms with van der Waals surface area (Å²) in [4.78, 5) is 16.4. The standard InChI is InChI=1S/C10H12FN3O/c11-9-5-8(1-3-13-9)14-4-2-7(6-14)10(12)15/h1,3,5,7H,2,4,6H2,(H2,12,15). The lowest BCUT2D eigenvalue weighted by Crippen LogP contribution is -2.27. The molecule has 1 unspecified atom stereocenters. The molecule has 1 amide bonds. The minimum Gasteiger partial charge on any atom is -0.371 e. The molecule has 0 radical (unpaired) electrons. The monoisotopic (exact) mass is 209 g/mol.